The summed E-state index contributed by atoms with van der Waals surface area (Å²) in [6, 6.07) is 0. The van der Waals surface area contributed by atoms with Crippen LogP contribution in [0.2, 0.25) is 0 Å². The number of nitrogens with zero attached hydrogens (tertiary/aromatic N) is 1. The second kappa shape index (κ2) is 10.2. The van der Waals surface area contributed by atoms with Crippen molar-refractivity contribution in [3.05, 3.63) is 0 Å². The Balaban J connectivity index is 0. The molecule has 0 aliphatic carbocycles. The summed E-state index contributed by atoms with van der Waals surface area (Å²) in [5, 5.41) is 34.1. The van der Waals surface area contributed by atoms with Gasteiger partial charge in [-0.1, -0.05) is 0 Å². The highest BCUT2D eigenvalue weighted by Gasteiger charge is 2.17. The average Bonchev–Trinajstić information content (AvgIpc) is 2.21. The topological polar surface area (TPSA) is 168 Å². The van der Waals surface area contributed by atoms with Gasteiger partial charge >= 0.3 is 5.97 Å². The van der Waals surface area contributed by atoms with Crippen molar-refractivity contribution >= 4 is 13.8 Å². The normalized spacial score (nSPS) is 17.1. The molecule has 0 rings (SSSR count). The highest BCUT2D eigenvalue weighted by molar-refractivity contribution is 7.44. The minimum atomic E-state index is -4.75. The third-order valence-corrected chi connectivity index (χ3v) is 2.28. The predicted molar refractivity (Wildman–Crippen MR) is 70.0 cm³/mol. The van der Waals surface area contributed by atoms with Crippen LogP contribution in [-0.4, -0.2) is 88.9 Å². The quantitative estimate of drug-likeness (QED) is 0.235. The zero-order valence-corrected chi connectivity index (χ0v) is 13.1. The van der Waals surface area contributed by atoms with Gasteiger partial charge in [0.05, 0.1) is 40.8 Å². The Kier molecular flexibility index (Phi) is 11.0. The maximum absolute atomic E-state index is 10.1. The third-order valence-electron chi connectivity index (χ3n) is 1.81. The summed E-state index contributed by atoms with van der Waals surface area (Å²) in [4.78, 5) is 27.9. The molecule has 3 atom stereocenters. The summed E-state index contributed by atoms with van der Waals surface area (Å²) in [7, 11) is 0.970. The van der Waals surface area contributed by atoms with Crippen molar-refractivity contribution < 1.29 is 48.6 Å². The molecule has 0 aromatic rings. The van der Waals surface area contributed by atoms with Gasteiger partial charge in [0.2, 0.25) is 0 Å². The third kappa shape index (κ3) is 21.9. The first kappa shape index (κ1) is 22.7. The van der Waals surface area contributed by atoms with Crippen LogP contribution in [0.1, 0.15) is 6.42 Å². The molecule has 0 spiro atoms. The number of hydrogen-bond donors (Lipinski definition) is 5. The van der Waals surface area contributed by atoms with E-state index in [1.54, 1.807) is 0 Å². The Morgan fingerprint density at radius 3 is 2.05 bits per heavy atom. The summed E-state index contributed by atoms with van der Waals surface area (Å²) in [6.07, 6.45) is -2.20. The molecule has 0 radical (unpaired) electrons. The van der Waals surface area contributed by atoms with E-state index in [1.807, 2.05) is 21.1 Å². The van der Waals surface area contributed by atoms with Gasteiger partial charge in [0, 0.05) is 0 Å². The molecule has 0 saturated carbocycles. The average molecular weight is 333 g/mol. The van der Waals surface area contributed by atoms with Gasteiger partial charge in [-0.05, 0) is 0 Å². The molecule has 21 heavy (non-hydrogen) atoms. The summed E-state index contributed by atoms with van der Waals surface area (Å²) in [5.41, 5.74) is 0. The lowest BCUT2D eigenvalue weighted by Crippen LogP contribution is -2.42. The fourth-order valence-electron chi connectivity index (χ4n) is 1.13. The fraction of sp³-hybridized carbons (Fsp3) is 0.900. The first-order chi connectivity index (χ1) is 9.26. The van der Waals surface area contributed by atoms with Crippen molar-refractivity contribution in [3.63, 3.8) is 0 Å². The molecular weight excluding hydrogens is 309 g/mol. The lowest BCUT2D eigenvalue weighted by Gasteiger charge is -2.25. The van der Waals surface area contributed by atoms with Crippen LogP contribution in [0.25, 0.3) is 0 Å². The van der Waals surface area contributed by atoms with Crippen molar-refractivity contribution in [1.29, 1.82) is 0 Å². The van der Waals surface area contributed by atoms with Crippen LogP contribution < -0.4 is 4.89 Å². The van der Waals surface area contributed by atoms with Crippen LogP contribution in [0, 0.1) is 0 Å². The number of hydrogen-bond acceptors (Lipinski definition) is 7. The van der Waals surface area contributed by atoms with Crippen molar-refractivity contribution in [1.82, 2.24) is 0 Å². The molecule has 0 aromatic carbocycles. The number of aliphatic carboxylic acids is 1. The number of aliphatic hydroxyl groups is 3. The molecule has 128 valence electrons. The Labute approximate surface area is 123 Å². The smallest absolute Gasteiger partial charge is 0.306 e. The molecule has 0 saturated heterocycles. The molecule has 10 nitrogen and oxygen atoms in total. The van der Waals surface area contributed by atoms with E-state index in [2.05, 4.69) is 4.52 Å². The minimum absolute atomic E-state index is 0.171. The van der Waals surface area contributed by atoms with Gasteiger partial charge in [0.25, 0.3) is 7.82 Å². The summed E-state index contributed by atoms with van der Waals surface area (Å²) in [5.74, 6) is -0.953. The molecule has 5 N–H and O–H groups in total. The summed E-state index contributed by atoms with van der Waals surface area (Å²) in [6.45, 7) is -0.778. The summed E-state index contributed by atoms with van der Waals surface area (Å²) < 4.78 is 14.1. The van der Waals surface area contributed by atoms with Gasteiger partial charge in [0.15, 0.2) is 0 Å². The number of carbonyl (C=O) groups is 1. The highest BCUT2D eigenvalue weighted by Crippen LogP contribution is 2.29. The Morgan fingerprint density at radius 2 is 1.76 bits per heavy atom. The highest BCUT2D eigenvalue weighted by atomic mass is 31.2. The summed E-state index contributed by atoms with van der Waals surface area (Å²) >= 11 is 0. The monoisotopic (exact) mass is 333 g/mol. The number of aliphatic hydroxyl groups excluding tert-OH is 3. The molecule has 0 aliphatic rings. The molecule has 0 aliphatic heterocycles. The van der Waals surface area contributed by atoms with E-state index in [0.29, 0.717) is 11.0 Å². The number of likely N-dealkylation sites (N-methyl/N-ethyl adjacent to an activating group) is 1. The molecule has 3 unspecified atom stereocenters. The first-order valence-corrected chi connectivity index (χ1v) is 7.44. The van der Waals surface area contributed by atoms with Crippen molar-refractivity contribution in [2.45, 2.75) is 18.6 Å². The Bertz CT molecular complexity index is 338. The second-order valence-corrected chi connectivity index (χ2v) is 6.52. The van der Waals surface area contributed by atoms with Gasteiger partial charge in [-0.2, -0.15) is 0 Å². The standard InChI is InChI=1S/C7H15NO3.C3H9O6P/c1-8(2,3)5-6(9)4-7(10)11;4-1-3(5)2-9-10(6,7)8/h6,9H,4-5H2,1-3H3;3-5H,1-2H2,(H2,6,7,8). The number of quaternary nitrogens is 1. The maximum atomic E-state index is 10.1. The maximum Gasteiger partial charge on any atom is 0.306 e. The zero-order chi connectivity index (χ0) is 17.3. The predicted octanol–water partition coefficient (Wildman–Crippen LogP) is -2.65. The van der Waals surface area contributed by atoms with E-state index in [9.17, 15) is 14.3 Å². The molecule has 11 heteroatoms. The van der Waals surface area contributed by atoms with E-state index in [0.717, 1.165) is 0 Å². The second-order valence-electron chi connectivity index (χ2n) is 5.33. The SMILES string of the molecule is C[N+](C)(C)CC(O)CC(=O)O.O=P([O-])(O)OCC(O)CO. The van der Waals surface area contributed by atoms with Crippen LogP contribution >= 0.6 is 7.82 Å². The van der Waals surface area contributed by atoms with Gasteiger partial charge in [-0.25, -0.2) is 0 Å². The van der Waals surface area contributed by atoms with Crippen LogP contribution in [0.5, 0.6) is 0 Å². The fourth-order valence-corrected chi connectivity index (χ4v) is 1.49. The molecular formula is C10H24NO9P. The zero-order valence-electron chi connectivity index (χ0n) is 12.2. The lowest BCUT2D eigenvalue weighted by atomic mass is 10.2. The number of phosphoric acid groups is 1. The van der Waals surface area contributed by atoms with Gasteiger partial charge in [-0.3, -0.25) is 9.36 Å². The van der Waals surface area contributed by atoms with E-state index in [1.165, 1.54) is 0 Å². The molecule has 0 fully saturated rings. The van der Waals surface area contributed by atoms with Crippen molar-refractivity contribution in [2.75, 3.05) is 40.9 Å². The molecule has 0 aromatic heterocycles. The van der Waals surface area contributed by atoms with Crippen LogP contribution in [-0.2, 0) is 13.9 Å². The first-order valence-electron chi connectivity index (χ1n) is 5.94. The molecule has 0 heterocycles. The number of carboxylic acids is 1. The van der Waals surface area contributed by atoms with E-state index in [-0.39, 0.29) is 6.42 Å². The molecule has 0 amide bonds. The van der Waals surface area contributed by atoms with Gasteiger partial charge in [0.1, 0.15) is 18.8 Å². The van der Waals surface area contributed by atoms with Gasteiger partial charge < -0.3 is 39.2 Å². The Hall–Kier alpha value is -0.580. The number of carboxylic acid groups (broad SMARTS) is 1. The minimum Gasteiger partial charge on any atom is -0.756 e. The van der Waals surface area contributed by atoms with Gasteiger partial charge in [-0.15, -0.1) is 0 Å². The number of phosphoric ester groups is 1. The van der Waals surface area contributed by atoms with Crippen LogP contribution in [0.15, 0.2) is 0 Å². The Morgan fingerprint density at radius 1 is 1.29 bits per heavy atom. The van der Waals surface area contributed by atoms with Crippen LogP contribution in [0.3, 0.4) is 0 Å². The van der Waals surface area contributed by atoms with Crippen molar-refractivity contribution in [3.8, 4) is 0 Å². The number of rotatable bonds is 8. The van der Waals surface area contributed by atoms with E-state index >= 15 is 0 Å². The molecule has 0 bridgehead atoms. The lowest BCUT2D eigenvalue weighted by molar-refractivity contribution is -0.873. The van der Waals surface area contributed by atoms with Crippen LogP contribution in [0.4, 0.5) is 0 Å². The van der Waals surface area contributed by atoms with E-state index < -0.39 is 39.2 Å². The largest absolute Gasteiger partial charge is 0.756 e. The van der Waals surface area contributed by atoms with Crippen molar-refractivity contribution in [2.24, 2.45) is 0 Å². The van der Waals surface area contributed by atoms with E-state index in [4.69, 9.17) is 25.3 Å².